The minimum absolute atomic E-state index is 0.312. The van der Waals surface area contributed by atoms with Crippen LogP contribution in [-0.4, -0.2) is 28.5 Å². The van der Waals surface area contributed by atoms with Crippen LogP contribution < -0.4 is 0 Å². The van der Waals surface area contributed by atoms with Crippen molar-refractivity contribution in [1.29, 1.82) is 0 Å². The summed E-state index contributed by atoms with van der Waals surface area (Å²) in [6.07, 6.45) is 0. The van der Waals surface area contributed by atoms with Crippen LogP contribution in [-0.2, 0) is 9.53 Å². The smallest absolute Gasteiger partial charge is 0.318 e. The first kappa shape index (κ1) is 14.0. The SMILES string of the molecule is COC(=O)C(C)Sc1nnc(-c2cccc(F)c2)s1. The summed E-state index contributed by atoms with van der Waals surface area (Å²) < 4.78 is 18.4. The van der Waals surface area contributed by atoms with Gasteiger partial charge in [0.25, 0.3) is 0 Å². The molecule has 0 N–H and O–H groups in total. The normalized spacial score (nSPS) is 12.2. The number of rotatable bonds is 4. The van der Waals surface area contributed by atoms with Crippen molar-refractivity contribution >= 4 is 29.1 Å². The van der Waals surface area contributed by atoms with Gasteiger partial charge in [0, 0.05) is 5.56 Å². The van der Waals surface area contributed by atoms with Crippen LogP contribution in [0.5, 0.6) is 0 Å². The van der Waals surface area contributed by atoms with Gasteiger partial charge in [0.05, 0.1) is 7.11 Å². The Balaban J connectivity index is 2.13. The van der Waals surface area contributed by atoms with Crippen LogP contribution in [0.2, 0.25) is 0 Å². The number of methoxy groups -OCH3 is 1. The summed E-state index contributed by atoms with van der Waals surface area (Å²) in [5.41, 5.74) is 0.676. The molecule has 0 fully saturated rings. The summed E-state index contributed by atoms with van der Waals surface area (Å²) in [5, 5.41) is 8.25. The van der Waals surface area contributed by atoms with E-state index in [4.69, 9.17) is 0 Å². The zero-order valence-electron chi connectivity index (χ0n) is 10.3. The van der Waals surface area contributed by atoms with Crippen LogP contribution in [0, 0.1) is 5.82 Å². The van der Waals surface area contributed by atoms with Crippen molar-refractivity contribution in [2.75, 3.05) is 7.11 Å². The molecule has 2 rings (SSSR count). The third-order valence-electron chi connectivity index (χ3n) is 2.29. The van der Waals surface area contributed by atoms with Gasteiger partial charge < -0.3 is 4.74 Å². The number of hydrogen-bond donors (Lipinski definition) is 0. The lowest BCUT2D eigenvalue weighted by atomic mass is 10.2. The minimum Gasteiger partial charge on any atom is -0.468 e. The minimum atomic E-state index is -0.349. The molecule has 0 aliphatic carbocycles. The average Bonchev–Trinajstić information content (AvgIpc) is 2.86. The molecule has 0 saturated carbocycles. The molecule has 0 spiro atoms. The monoisotopic (exact) mass is 298 g/mol. The molecule has 0 bridgehead atoms. The highest BCUT2D eigenvalue weighted by Gasteiger charge is 2.17. The summed E-state index contributed by atoms with van der Waals surface area (Å²) in [5.74, 6) is -0.627. The van der Waals surface area contributed by atoms with Crippen molar-refractivity contribution in [3.63, 3.8) is 0 Å². The van der Waals surface area contributed by atoms with Crippen molar-refractivity contribution in [3.8, 4) is 10.6 Å². The quantitative estimate of drug-likeness (QED) is 0.641. The number of halogens is 1. The molecule has 7 heteroatoms. The zero-order valence-corrected chi connectivity index (χ0v) is 11.9. The highest BCUT2D eigenvalue weighted by Crippen LogP contribution is 2.31. The van der Waals surface area contributed by atoms with E-state index in [1.165, 1.54) is 42.3 Å². The first-order chi connectivity index (χ1) is 9.10. The van der Waals surface area contributed by atoms with Gasteiger partial charge in [-0.05, 0) is 19.1 Å². The molecule has 0 radical (unpaired) electrons. The average molecular weight is 298 g/mol. The number of nitrogens with zero attached hydrogens (tertiary/aromatic N) is 2. The Hall–Kier alpha value is -1.47. The zero-order chi connectivity index (χ0) is 13.8. The van der Waals surface area contributed by atoms with E-state index in [2.05, 4.69) is 14.9 Å². The van der Waals surface area contributed by atoms with Crippen molar-refractivity contribution < 1.29 is 13.9 Å². The number of aromatic nitrogens is 2. The third-order valence-corrected chi connectivity index (χ3v) is 4.42. The van der Waals surface area contributed by atoms with Crippen LogP contribution in [0.1, 0.15) is 6.92 Å². The Morgan fingerprint density at radius 2 is 2.26 bits per heavy atom. The van der Waals surface area contributed by atoms with Crippen LogP contribution >= 0.6 is 23.1 Å². The molecule has 2 aromatic rings. The molecular formula is C12H11FN2O2S2. The van der Waals surface area contributed by atoms with Gasteiger partial charge >= 0.3 is 5.97 Å². The molecule has 1 unspecified atom stereocenters. The van der Waals surface area contributed by atoms with Crippen molar-refractivity contribution in [1.82, 2.24) is 10.2 Å². The Labute approximate surface area is 118 Å². The maximum Gasteiger partial charge on any atom is 0.318 e. The number of esters is 1. The van der Waals surface area contributed by atoms with E-state index in [1.807, 2.05) is 0 Å². The van der Waals surface area contributed by atoms with Gasteiger partial charge in [0.1, 0.15) is 16.1 Å². The summed E-state index contributed by atoms with van der Waals surface area (Å²) in [7, 11) is 1.34. The number of carbonyl (C=O) groups excluding carboxylic acids is 1. The number of benzene rings is 1. The lowest BCUT2D eigenvalue weighted by molar-refractivity contribution is -0.139. The lowest BCUT2D eigenvalue weighted by Gasteiger charge is -2.04. The largest absolute Gasteiger partial charge is 0.468 e. The molecule has 100 valence electrons. The van der Waals surface area contributed by atoms with Gasteiger partial charge in [-0.15, -0.1) is 10.2 Å². The predicted octanol–water partition coefficient (Wildman–Crippen LogP) is 3.00. The van der Waals surface area contributed by atoms with Gasteiger partial charge in [-0.2, -0.15) is 0 Å². The fourth-order valence-electron chi connectivity index (χ4n) is 1.36. The second-order valence-corrected chi connectivity index (χ2v) is 6.23. The molecule has 1 aromatic carbocycles. The van der Waals surface area contributed by atoms with Crippen LogP contribution in [0.15, 0.2) is 28.6 Å². The van der Waals surface area contributed by atoms with E-state index in [0.29, 0.717) is 14.9 Å². The van der Waals surface area contributed by atoms with E-state index in [0.717, 1.165) is 0 Å². The van der Waals surface area contributed by atoms with Crippen LogP contribution in [0.4, 0.5) is 4.39 Å². The summed E-state index contributed by atoms with van der Waals surface area (Å²) >= 11 is 2.59. The van der Waals surface area contributed by atoms with E-state index >= 15 is 0 Å². The molecule has 0 saturated heterocycles. The fraction of sp³-hybridized carbons (Fsp3) is 0.250. The summed E-state index contributed by atoms with van der Waals surface area (Å²) in [4.78, 5) is 11.3. The predicted molar refractivity (Wildman–Crippen MR) is 72.6 cm³/mol. The first-order valence-corrected chi connectivity index (χ1v) is 7.13. The second kappa shape index (κ2) is 6.12. The third kappa shape index (κ3) is 3.51. The maximum absolute atomic E-state index is 13.1. The Kier molecular flexibility index (Phi) is 4.49. The summed E-state index contributed by atoms with van der Waals surface area (Å²) in [6, 6.07) is 6.16. The standard InChI is InChI=1S/C12H11FN2O2S2/c1-7(11(16)17-2)18-12-15-14-10(19-12)8-4-3-5-9(13)6-8/h3-7H,1-2H3. The van der Waals surface area contributed by atoms with Crippen molar-refractivity contribution in [2.45, 2.75) is 16.5 Å². The molecular weight excluding hydrogens is 287 g/mol. The molecule has 1 aromatic heterocycles. The Morgan fingerprint density at radius 3 is 2.95 bits per heavy atom. The van der Waals surface area contributed by atoms with Gasteiger partial charge in [-0.3, -0.25) is 4.79 Å². The van der Waals surface area contributed by atoms with Gasteiger partial charge in [-0.1, -0.05) is 35.2 Å². The molecule has 19 heavy (non-hydrogen) atoms. The number of hydrogen-bond acceptors (Lipinski definition) is 6. The van der Waals surface area contributed by atoms with Gasteiger partial charge in [-0.25, -0.2) is 4.39 Å². The highest BCUT2D eigenvalue weighted by atomic mass is 32.2. The number of ether oxygens (including phenoxy) is 1. The topological polar surface area (TPSA) is 52.1 Å². The lowest BCUT2D eigenvalue weighted by Crippen LogP contribution is -2.14. The number of carbonyl (C=O) groups is 1. The fourth-order valence-corrected chi connectivity index (χ4v) is 3.38. The van der Waals surface area contributed by atoms with E-state index in [-0.39, 0.29) is 17.0 Å². The Bertz CT molecular complexity index is 589. The summed E-state index contributed by atoms with van der Waals surface area (Å²) in [6.45, 7) is 1.74. The second-order valence-electron chi connectivity index (χ2n) is 3.67. The van der Waals surface area contributed by atoms with Crippen molar-refractivity contribution in [3.05, 3.63) is 30.1 Å². The molecule has 0 aliphatic rings. The van der Waals surface area contributed by atoms with E-state index < -0.39 is 0 Å². The molecule has 1 atom stereocenters. The van der Waals surface area contributed by atoms with Gasteiger partial charge in [0.2, 0.25) is 0 Å². The van der Waals surface area contributed by atoms with Crippen LogP contribution in [0.25, 0.3) is 10.6 Å². The molecule has 0 amide bonds. The first-order valence-electron chi connectivity index (χ1n) is 5.44. The van der Waals surface area contributed by atoms with Gasteiger partial charge in [0.15, 0.2) is 4.34 Å². The van der Waals surface area contributed by atoms with E-state index in [9.17, 15) is 9.18 Å². The molecule has 0 aliphatic heterocycles. The van der Waals surface area contributed by atoms with Crippen molar-refractivity contribution in [2.24, 2.45) is 0 Å². The van der Waals surface area contributed by atoms with Crippen LogP contribution in [0.3, 0.4) is 0 Å². The van der Waals surface area contributed by atoms with E-state index in [1.54, 1.807) is 19.1 Å². The highest BCUT2D eigenvalue weighted by molar-refractivity contribution is 8.02. The maximum atomic E-state index is 13.1. The molecule has 4 nitrogen and oxygen atoms in total. The number of thioether (sulfide) groups is 1. The Morgan fingerprint density at radius 1 is 1.47 bits per heavy atom. The molecule has 1 heterocycles.